The number of esters is 1. The van der Waals surface area contributed by atoms with Gasteiger partial charge in [-0.25, -0.2) is 4.79 Å². The highest BCUT2D eigenvalue weighted by Crippen LogP contribution is 2.12. The van der Waals surface area contributed by atoms with Gasteiger partial charge in [0.25, 0.3) is 0 Å². The second kappa shape index (κ2) is 8.08. The third-order valence-electron chi connectivity index (χ3n) is 2.90. The fraction of sp³-hybridized carbons (Fsp3) is 0.846. The zero-order chi connectivity index (χ0) is 14.3. The smallest absolute Gasteiger partial charge is 0.328 e. The maximum Gasteiger partial charge on any atom is 0.328 e. The van der Waals surface area contributed by atoms with E-state index in [0.29, 0.717) is 12.3 Å². The topological polar surface area (TPSA) is 81.4 Å². The molecule has 106 valence electrons. The zero-order valence-electron chi connectivity index (χ0n) is 12.0. The van der Waals surface area contributed by atoms with E-state index in [1.807, 2.05) is 27.7 Å². The van der Waals surface area contributed by atoms with Crippen LogP contribution >= 0.6 is 0 Å². The van der Waals surface area contributed by atoms with E-state index in [1.165, 1.54) is 7.11 Å². The van der Waals surface area contributed by atoms with E-state index in [4.69, 9.17) is 10.5 Å². The Labute approximate surface area is 109 Å². The van der Waals surface area contributed by atoms with Crippen LogP contribution in [0.3, 0.4) is 0 Å². The first-order chi connectivity index (χ1) is 8.33. The fourth-order valence-electron chi connectivity index (χ4n) is 1.79. The molecular formula is C13H26N2O3. The van der Waals surface area contributed by atoms with Crippen LogP contribution in [0.4, 0.5) is 0 Å². The Hall–Kier alpha value is -1.10. The van der Waals surface area contributed by atoms with Gasteiger partial charge in [0.05, 0.1) is 13.0 Å². The molecule has 0 rings (SSSR count). The van der Waals surface area contributed by atoms with Gasteiger partial charge >= 0.3 is 5.97 Å². The van der Waals surface area contributed by atoms with Crippen LogP contribution in [-0.2, 0) is 14.3 Å². The van der Waals surface area contributed by atoms with Gasteiger partial charge in [-0.15, -0.1) is 0 Å². The molecule has 1 unspecified atom stereocenters. The largest absolute Gasteiger partial charge is 0.467 e. The molecule has 0 fully saturated rings. The summed E-state index contributed by atoms with van der Waals surface area (Å²) in [6.45, 7) is 8.13. The van der Waals surface area contributed by atoms with Gasteiger partial charge in [0.2, 0.25) is 5.91 Å². The van der Waals surface area contributed by atoms with Crippen molar-refractivity contribution in [3.8, 4) is 0 Å². The number of hydrogen-bond donors (Lipinski definition) is 2. The van der Waals surface area contributed by atoms with Crippen molar-refractivity contribution in [1.82, 2.24) is 5.32 Å². The number of methoxy groups -OCH3 is 1. The summed E-state index contributed by atoms with van der Waals surface area (Å²) in [4.78, 5) is 23.6. The Bertz CT molecular complexity index is 277. The number of carbonyl (C=O) groups is 2. The van der Waals surface area contributed by atoms with Crippen LogP contribution in [-0.4, -0.2) is 31.6 Å². The molecule has 0 aliphatic heterocycles. The minimum Gasteiger partial charge on any atom is -0.467 e. The Morgan fingerprint density at radius 2 is 1.78 bits per heavy atom. The number of nitrogens with two attached hydrogens (primary N) is 1. The van der Waals surface area contributed by atoms with Crippen molar-refractivity contribution < 1.29 is 14.3 Å². The van der Waals surface area contributed by atoms with Crippen LogP contribution in [0, 0.1) is 17.8 Å². The molecule has 0 heterocycles. The first-order valence-corrected chi connectivity index (χ1v) is 6.41. The molecule has 0 aromatic rings. The van der Waals surface area contributed by atoms with E-state index in [9.17, 15) is 9.59 Å². The van der Waals surface area contributed by atoms with Crippen molar-refractivity contribution in [3.05, 3.63) is 0 Å². The van der Waals surface area contributed by atoms with Crippen molar-refractivity contribution >= 4 is 11.9 Å². The molecule has 0 aromatic heterocycles. The van der Waals surface area contributed by atoms with E-state index in [2.05, 4.69) is 5.32 Å². The van der Waals surface area contributed by atoms with Crippen LogP contribution in [0.1, 0.15) is 34.1 Å². The lowest BCUT2D eigenvalue weighted by molar-refractivity contribution is -0.146. The molecule has 5 nitrogen and oxygen atoms in total. The van der Waals surface area contributed by atoms with Crippen molar-refractivity contribution in [2.75, 3.05) is 13.7 Å². The van der Waals surface area contributed by atoms with E-state index >= 15 is 0 Å². The predicted octanol–water partition coefficient (Wildman–Crippen LogP) is 0.921. The maximum absolute atomic E-state index is 12.0. The minimum atomic E-state index is -0.588. The van der Waals surface area contributed by atoms with E-state index in [-0.39, 0.29) is 24.3 Å². The van der Waals surface area contributed by atoms with Crippen LogP contribution in [0.25, 0.3) is 0 Å². The van der Waals surface area contributed by atoms with Crippen molar-refractivity contribution in [1.29, 1.82) is 0 Å². The zero-order valence-corrected chi connectivity index (χ0v) is 12.0. The van der Waals surface area contributed by atoms with Gasteiger partial charge in [-0.3, -0.25) is 4.79 Å². The number of ether oxygens (including phenoxy) is 1. The number of amides is 1. The van der Waals surface area contributed by atoms with Gasteiger partial charge in [0.15, 0.2) is 0 Å². The molecular weight excluding hydrogens is 232 g/mol. The molecule has 0 aromatic carbocycles. The first-order valence-electron chi connectivity index (χ1n) is 6.41. The van der Waals surface area contributed by atoms with Crippen LogP contribution in [0.2, 0.25) is 0 Å². The van der Waals surface area contributed by atoms with Crippen LogP contribution in [0.5, 0.6) is 0 Å². The molecule has 2 atom stereocenters. The van der Waals surface area contributed by atoms with Gasteiger partial charge < -0.3 is 15.8 Å². The summed E-state index contributed by atoms with van der Waals surface area (Å²) < 4.78 is 4.70. The lowest BCUT2D eigenvalue weighted by Gasteiger charge is -2.23. The molecule has 5 heteroatoms. The molecule has 0 aliphatic carbocycles. The van der Waals surface area contributed by atoms with Crippen LogP contribution in [0.15, 0.2) is 0 Å². The summed E-state index contributed by atoms with van der Waals surface area (Å²) in [5, 5.41) is 2.74. The number of hydrogen-bond acceptors (Lipinski definition) is 4. The Morgan fingerprint density at radius 3 is 2.11 bits per heavy atom. The van der Waals surface area contributed by atoms with E-state index in [1.54, 1.807) is 0 Å². The van der Waals surface area contributed by atoms with Crippen molar-refractivity contribution in [2.24, 2.45) is 23.5 Å². The first kappa shape index (κ1) is 16.9. The molecule has 0 aliphatic rings. The molecule has 1 amide bonds. The normalized spacial score (nSPS) is 14.4. The standard InChI is InChI=1S/C13H26N2O3/c1-8(2)6-11(13(17)18-5)15-12(16)10(7-14)9(3)4/h8-11H,6-7,14H2,1-5H3,(H,15,16)/t10?,11-/m0/s1. The molecule has 18 heavy (non-hydrogen) atoms. The van der Waals surface area contributed by atoms with Crippen molar-refractivity contribution in [2.45, 2.75) is 40.2 Å². The average molecular weight is 258 g/mol. The fourth-order valence-corrected chi connectivity index (χ4v) is 1.79. The molecule has 0 saturated carbocycles. The lowest BCUT2D eigenvalue weighted by Crippen LogP contribution is -2.47. The maximum atomic E-state index is 12.0. The summed E-state index contributed by atoms with van der Waals surface area (Å²) in [6, 6.07) is -0.588. The van der Waals surface area contributed by atoms with Gasteiger partial charge in [-0.2, -0.15) is 0 Å². The van der Waals surface area contributed by atoms with E-state index < -0.39 is 12.0 Å². The monoisotopic (exact) mass is 258 g/mol. The molecule has 0 saturated heterocycles. The summed E-state index contributed by atoms with van der Waals surface area (Å²) in [6.07, 6.45) is 0.563. The third-order valence-corrected chi connectivity index (χ3v) is 2.90. The van der Waals surface area contributed by atoms with Gasteiger partial charge in [-0.05, 0) is 18.3 Å². The Morgan fingerprint density at radius 1 is 1.22 bits per heavy atom. The summed E-state index contributed by atoms with van der Waals surface area (Å²) >= 11 is 0. The average Bonchev–Trinajstić information content (AvgIpc) is 2.26. The quantitative estimate of drug-likeness (QED) is 0.665. The third kappa shape index (κ3) is 5.49. The van der Waals surface area contributed by atoms with Crippen LogP contribution < -0.4 is 11.1 Å². The number of carbonyl (C=O) groups excluding carboxylic acids is 2. The lowest BCUT2D eigenvalue weighted by atomic mass is 9.94. The number of rotatable bonds is 7. The Kier molecular flexibility index (Phi) is 7.59. The SMILES string of the molecule is COC(=O)[C@H](CC(C)C)NC(=O)C(CN)C(C)C. The summed E-state index contributed by atoms with van der Waals surface area (Å²) in [5.74, 6) is -0.415. The van der Waals surface area contributed by atoms with Gasteiger partial charge in [0, 0.05) is 6.54 Å². The van der Waals surface area contributed by atoms with E-state index in [0.717, 1.165) is 0 Å². The highest BCUT2D eigenvalue weighted by atomic mass is 16.5. The summed E-state index contributed by atoms with van der Waals surface area (Å²) in [5.41, 5.74) is 5.58. The minimum absolute atomic E-state index is 0.146. The van der Waals surface area contributed by atoms with Gasteiger partial charge in [0.1, 0.15) is 6.04 Å². The van der Waals surface area contributed by atoms with Crippen molar-refractivity contribution in [3.63, 3.8) is 0 Å². The Balaban J connectivity index is 4.65. The molecule has 0 radical (unpaired) electrons. The highest BCUT2D eigenvalue weighted by Gasteiger charge is 2.27. The second-order valence-electron chi connectivity index (χ2n) is 5.30. The highest BCUT2D eigenvalue weighted by molar-refractivity contribution is 5.85. The summed E-state index contributed by atoms with van der Waals surface area (Å²) in [7, 11) is 1.32. The number of nitrogens with one attached hydrogen (secondary N) is 1. The van der Waals surface area contributed by atoms with Gasteiger partial charge in [-0.1, -0.05) is 27.7 Å². The second-order valence-corrected chi connectivity index (χ2v) is 5.30. The molecule has 0 spiro atoms. The molecule has 3 N–H and O–H groups in total. The predicted molar refractivity (Wildman–Crippen MR) is 70.8 cm³/mol. The molecule has 0 bridgehead atoms.